The molecule has 0 fully saturated rings. The number of anilines is 1. The topological polar surface area (TPSA) is 56.7 Å². The third-order valence-corrected chi connectivity index (χ3v) is 3.30. The Kier molecular flexibility index (Phi) is 2.72. The van der Waals surface area contributed by atoms with E-state index < -0.39 is 0 Å². The predicted molar refractivity (Wildman–Crippen MR) is 76.0 cm³/mol. The summed E-state index contributed by atoms with van der Waals surface area (Å²) in [6.07, 6.45) is 4.92. The maximum Gasteiger partial charge on any atom is 0.0985 e. The largest absolute Gasteiger partial charge is 0.396 e. The molecule has 4 nitrogen and oxygen atoms in total. The summed E-state index contributed by atoms with van der Waals surface area (Å²) in [6, 6.07) is 5.82. The lowest BCUT2D eigenvalue weighted by Gasteiger charge is -2.09. The molecule has 0 amide bonds. The fraction of sp³-hybridized carbons (Fsp3) is 0. The minimum atomic E-state index is 0.556. The van der Waals surface area contributed by atoms with Crippen molar-refractivity contribution >= 4 is 44.1 Å². The van der Waals surface area contributed by atoms with E-state index in [1.54, 1.807) is 23.3 Å². The van der Waals surface area contributed by atoms with Gasteiger partial charge in [0.2, 0.25) is 0 Å². The van der Waals surface area contributed by atoms with Crippen LogP contribution in [-0.4, -0.2) is 14.8 Å². The predicted octanol–water partition coefficient (Wildman–Crippen LogP) is 3.42. The second-order valence-electron chi connectivity index (χ2n) is 3.83. The number of rotatable bonds is 1. The SMILES string of the molecule is Nc1cnc2ccc(Br)cc2c1-n1cc(Cl)cn1. The van der Waals surface area contributed by atoms with Crippen molar-refractivity contribution in [2.75, 3.05) is 5.73 Å². The van der Waals surface area contributed by atoms with Crippen LogP contribution in [0.2, 0.25) is 5.02 Å². The van der Waals surface area contributed by atoms with Gasteiger partial charge in [0.1, 0.15) is 0 Å². The van der Waals surface area contributed by atoms with Crippen molar-refractivity contribution in [2.24, 2.45) is 0 Å². The molecule has 1 aromatic carbocycles. The van der Waals surface area contributed by atoms with E-state index in [-0.39, 0.29) is 0 Å². The first-order valence-corrected chi connectivity index (χ1v) is 6.36. The van der Waals surface area contributed by atoms with E-state index >= 15 is 0 Å². The van der Waals surface area contributed by atoms with Crippen LogP contribution in [0.1, 0.15) is 0 Å². The van der Waals surface area contributed by atoms with Crippen molar-refractivity contribution in [3.05, 3.63) is 46.3 Å². The normalized spacial score (nSPS) is 11.0. The van der Waals surface area contributed by atoms with Gasteiger partial charge in [0.15, 0.2) is 0 Å². The minimum absolute atomic E-state index is 0.556. The lowest BCUT2D eigenvalue weighted by Crippen LogP contribution is -2.02. The molecule has 0 radical (unpaired) electrons. The van der Waals surface area contributed by atoms with E-state index in [4.69, 9.17) is 17.3 Å². The van der Waals surface area contributed by atoms with Gasteiger partial charge in [0.25, 0.3) is 0 Å². The zero-order valence-electron chi connectivity index (χ0n) is 9.14. The van der Waals surface area contributed by atoms with Crippen LogP contribution in [-0.2, 0) is 0 Å². The number of nitrogens with two attached hydrogens (primary N) is 1. The van der Waals surface area contributed by atoms with Gasteiger partial charge in [-0.2, -0.15) is 5.10 Å². The van der Waals surface area contributed by atoms with Crippen LogP contribution in [0.25, 0.3) is 16.6 Å². The smallest absolute Gasteiger partial charge is 0.0985 e. The maximum atomic E-state index is 6.00. The van der Waals surface area contributed by atoms with Crippen molar-refractivity contribution in [1.29, 1.82) is 0 Å². The van der Waals surface area contributed by atoms with Crippen molar-refractivity contribution < 1.29 is 0 Å². The highest BCUT2D eigenvalue weighted by molar-refractivity contribution is 9.10. The molecular formula is C12H8BrClN4. The summed E-state index contributed by atoms with van der Waals surface area (Å²) in [6.45, 7) is 0. The quantitative estimate of drug-likeness (QED) is 0.746. The van der Waals surface area contributed by atoms with E-state index in [0.717, 1.165) is 21.1 Å². The van der Waals surface area contributed by atoms with Gasteiger partial charge in [0.05, 0.1) is 34.3 Å². The average Bonchev–Trinajstić information content (AvgIpc) is 2.75. The van der Waals surface area contributed by atoms with E-state index in [0.29, 0.717) is 10.7 Å². The van der Waals surface area contributed by atoms with Crippen molar-refractivity contribution in [3.8, 4) is 5.69 Å². The molecule has 0 atom stereocenters. The van der Waals surface area contributed by atoms with Crippen LogP contribution in [0.3, 0.4) is 0 Å². The summed E-state index contributed by atoms with van der Waals surface area (Å²) >= 11 is 9.34. The minimum Gasteiger partial charge on any atom is -0.396 e. The number of nitrogens with zero attached hydrogens (tertiary/aromatic N) is 3. The molecule has 0 aliphatic heterocycles. The summed E-state index contributed by atoms with van der Waals surface area (Å²) < 4.78 is 2.62. The Bertz CT molecular complexity index is 733. The van der Waals surface area contributed by atoms with Gasteiger partial charge < -0.3 is 5.73 Å². The molecule has 6 heteroatoms. The van der Waals surface area contributed by atoms with Crippen LogP contribution in [0, 0.1) is 0 Å². The molecule has 0 aliphatic carbocycles. The first kappa shape index (κ1) is 11.5. The number of nitrogen functional groups attached to an aromatic ring is 1. The second kappa shape index (κ2) is 4.26. The highest BCUT2D eigenvalue weighted by atomic mass is 79.9. The summed E-state index contributed by atoms with van der Waals surface area (Å²) in [7, 11) is 0. The fourth-order valence-electron chi connectivity index (χ4n) is 1.85. The number of fused-ring (bicyclic) bond motifs is 1. The summed E-state index contributed by atoms with van der Waals surface area (Å²) in [5.74, 6) is 0. The molecule has 0 saturated carbocycles. The van der Waals surface area contributed by atoms with Gasteiger partial charge >= 0.3 is 0 Å². The molecule has 18 heavy (non-hydrogen) atoms. The summed E-state index contributed by atoms with van der Waals surface area (Å²) in [5, 5.41) is 5.67. The Labute approximate surface area is 117 Å². The van der Waals surface area contributed by atoms with Crippen LogP contribution in [0.15, 0.2) is 41.3 Å². The van der Waals surface area contributed by atoms with Gasteiger partial charge in [-0.1, -0.05) is 27.5 Å². The lowest BCUT2D eigenvalue weighted by atomic mass is 10.1. The van der Waals surface area contributed by atoms with Crippen LogP contribution in [0.5, 0.6) is 0 Å². The third-order valence-electron chi connectivity index (χ3n) is 2.61. The molecule has 3 rings (SSSR count). The zero-order valence-corrected chi connectivity index (χ0v) is 11.5. The third kappa shape index (κ3) is 1.85. The number of halogens is 2. The Morgan fingerprint density at radius 3 is 2.83 bits per heavy atom. The van der Waals surface area contributed by atoms with Crippen LogP contribution in [0.4, 0.5) is 5.69 Å². The van der Waals surface area contributed by atoms with E-state index in [1.165, 1.54) is 0 Å². The number of hydrogen-bond donors (Lipinski definition) is 1. The van der Waals surface area contributed by atoms with Gasteiger partial charge in [-0.05, 0) is 18.2 Å². The standard InChI is InChI=1S/C12H8BrClN4/c13-7-1-2-11-9(3-7)12(10(15)5-16-11)18-6-8(14)4-17-18/h1-6H,15H2. The maximum absolute atomic E-state index is 6.00. The molecular weight excluding hydrogens is 316 g/mol. The molecule has 2 aromatic heterocycles. The van der Waals surface area contributed by atoms with Crippen molar-refractivity contribution in [3.63, 3.8) is 0 Å². The van der Waals surface area contributed by atoms with Crippen LogP contribution < -0.4 is 5.73 Å². The Hall–Kier alpha value is -1.59. The Balaban J connectivity index is 2.39. The van der Waals surface area contributed by atoms with E-state index in [1.807, 2.05) is 18.2 Å². The monoisotopic (exact) mass is 322 g/mol. The highest BCUT2D eigenvalue weighted by Crippen LogP contribution is 2.28. The molecule has 0 spiro atoms. The molecule has 2 heterocycles. The molecule has 2 N–H and O–H groups in total. The first-order chi connectivity index (χ1) is 8.65. The van der Waals surface area contributed by atoms with Crippen molar-refractivity contribution in [2.45, 2.75) is 0 Å². The molecule has 0 unspecified atom stereocenters. The summed E-state index contributed by atoms with van der Waals surface area (Å²) in [5.41, 5.74) is 8.19. The Morgan fingerprint density at radius 2 is 2.11 bits per heavy atom. The average molecular weight is 324 g/mol. The Morgan fingerprint density at radius 1 is 1.28 bits per heavy atom. The second-order valence-corrected chi connectivity index (χ2v) is 5.18. The van der Waals surface area contributed by atoms with E-state index in [9.17, 15) is 0 Å². The molecule has 90 valence electrons. The molecule has 0 saturated heterocycles. The lowest BCUT2D eigenvalue weighted by molar-refractivity contribution is 0.888. The van der Waals surface area contributed by atoms with Gasteiger partial charge in [-0.15, -0.1) is 0 Å². The molecule has 0 aliphatic rings. The van der Waals surface area contributed by atoms with Crippen molar-refractivity contribution in [1.82, 2.24) is 14.8 Å². The highest BCUT2D eigenvalue weighted by Gasteiger charge is 2.10. The fourth-order valence-corrected chi connectivity index (χ4v) is 2.34. The van der Waals surface area contributed by atoms with E-state index in [2.05, 4.69) is 26.0 Å². The van der Waals surface area contributed by atoms with Gasteiger partial charge in [-0.25, -0.2) is 4.68 Å². The number of pyridine rings is 1. The molecule has 0 bridgehead atoms. The van der Waals surface area contributed by atoms with Gasteiger partial charge in [0, 0.05) is 16.1 Å². The number of hydrogen-bond acceptors (Lipinski definition) is 3. The first-order valence-electron chi connectivity index (χ1n) is 5.19. The number of benzene rings is 1. The molecule has 3 aromatic rings. The van der Waals surface area contributed by atoms with Crippen LogP contribution >= 0.6 is 27.5 Å². The van der Waals surface area contributed by atoms with Gasteiger partial charge in [-0.3, -0.25) is 4.98 Å². The number of aromatic nitrogens is 3. The zero-order chi connectivity index (χ0) is 12.7. The summed E-state index contributed by atoms with van der Waals surface area (Å²) in [4.78, 5) is 4.29.